The first-order valence-corrected chi connectivity index (χ1v) is 10.9. The predicted molar refractivity (Wildman–Crippen MR) is 135 cm³/mol. The summed E-state index contributed by atoms with van der Waals surface area (Å²) in [6, 6.07) is 15.8. The Hall–Kier alpha value is -5.05. The molecule has 0 aliphatic rings. The highest BCUT2D eigenvalue weighted by molar-refractivity contribution is 5.96. The number of nitrogens with one attached hydrogen (secondary N) is 3. The fourth-order valence-corrected chi connectivity index (χ4v) is 4.00. The average molecular weight is 461 g/mol. The Balaban J connectivity index is 1.43. The number of para-hydroxylation sites is 1. The summed E-state index contributed by atoms with van der Waals surface area (Å²) in [6.07, 6.45) is 7.04. The molecule has 0 spiro atoms. The summed E-state index contributed by atoms with van der Waals surface area (Å²) in [5.41, 5.74) is 7.49. The highest BCUT2D eigenvalue weighted by atomic mass is 16.5. The van der Waals surface area contributed by atoms with Gasteiger partial charge < -0.3 is 15.0 Å². The van der Waals surface area contributed by atoms with Gasteiger partial charge in [0.1, 0.15) is 5.69 Å². The minimum Gasteiger partial charge on any atom is -0.483 e. The maximum absolute atomic E-state index is 5.10. The fourth-order valence-electron chi connectivity index (χ4n) is 4.00. The monoisotopic (exact) mass is 460 g/mol. The number of aromatic nitrogens is 7. The van der Waals surface area contributed by atoms with Crippen LogP contribution in [0.2, 0.25) is 0 Å². The normalized spacial score (nSPS) is 11.1. The quantitative estimate of drug-likeness (QED) is 0.294. The number of methoxy groups -OCH3 is 1. The van der Waals surface area contributed by atoms with Crippen molar-refractivity contribution in [3.63, 3.8) is 0 Å². The number of pyridine rings is 3. The Morgan fingerprint density at radius 2 is 1.91 bits per heavy atom. The number of H-pyrrole nitrogens is 2. The van der Waals surface area contributed by atoms with Crippen LogP contribution in [0.1, 0.15) is 0 Å². The fraction of sp³-hybridized carbons (Fsp3) is 0.0385. The number of hydrogen-bond acceptors (Lipinski definition) is 7. The number of anilines is 1. The van der Waals surface area contributed by atoms with Gasteiger partial charge in [0.25, 0.3) is 0 Å². The van der Waals surface area contributed by atoms with Crippen molar-refractivity contribution >= 4 is 27.8 Å². The van der Waals surface area contributed by atoms with Gasteiger partial charge >= 0.3 is 0 Å². The average Bonchev–Trinajstić information content (AvgIpc) is 3.53. The Kier molecular flexibility index (Phi) is 4.92. The molecule has 170 valence electrons. The number of hydrogen-bond donors (Lipinski definition) is 3. The van der Waals surface area contributed by atoms with Gasteiger partial charge in [-0.15, -0.1) is 0 Å². The summed E-state index contributed by atoms with van der Waals surface area (Å²) in [6.45, 7) is 3.79. The third-order valence-corrected chi connectivity index (χ3v) is 5.70. The number of benzene rings is 1. The maximum Gasteiger partial charge on any atom is 0.183 e. The molecule has 0 atom stereocenters. The van der Waals surface area contributed by atoms with Gasteiger partial charge in [0.2, 0.25) is 0 Å². The van der Waals surface area contributed by atoms with Crippen molar-refractivity contribution in [2.24, 2.45) is 0 Å². The molecule has 35 heavy (non-hydrogen) atoms. The summed E-state index contributed by atoms with van der Waals surface area (Å²) >= 11 is 0. The zero-order valence-corrected chi connectivity index (χ0v) is 18.8. The molecule has 6 rings (SSSR count). The van der Waals surface area contributed by atoms with Crippen LogP contribution in [0.25, 0.3) is 56.0 Å². The van der Waals surface area contributed by atoms with Gasteiger partial charge in [0.05, 0.1) is 41.1 Å². The van der Waals surface area contributed by atoms with Crippen LogP contribution in [-0.2, 0) is 4.74 Å². The lowest BCUT2D eigenvalue weighted by atomic mass is 10.1. The summed E-state index contributed by atoms with van der Waals surface area (Å²) < 4.78 is 5.10. The van der Waals surface area contributed by atoms with Gasteiger partial charge in [0, 0.05) is 35.3 Å². The molecule has 3 N–H and O–H groups in total. The van der Waals surface area contributed by atoms with Gasteiger partial charge in [0.15, 0.2) is 17.4 Å². The van der Waals surface area contributed by atoms with Gasteiger partial charge in [-0.1, -0.05) is 18.2 Å². The Labute approximate surface area is 200 Å². The molecule has 0 bridgehead atoms. The molecule has 0 amide bonds. The van der Waals surface area contributed by atoms with Gasteiger partial charge in [-0.05, 0) is 36.9 Å². The van der Waals surface area contributed by atoms with Crippen molar-refractivity contribution in [3.05, 3.63) is 85.8 Å². The second-order valence-electron chi connectivity index (χ2n) is 7.91. The van der Waals surface area contributed by atoms with Crippen LogP contribution in [0.3, 0.4) is 0 Å². The first kappa shape index (κ1) is 20.5. The van der Waals surface area contributed by atoms with Crippen LogP contribution in [0, 0.1) is 0 Å². The first-order valence-electron chi connectivity index (χ1n) is 10.9. The maximum atomic E-state index is 5.10. The van der Waals surface area contributed by atoms with E-state index in [1.807, 2.05) is 48.5 Å². The van der Waals surface area contributed by atoms with E-state index in [1.54, 1.807) is 31.9 Å². The molecule has 9 nitrogen and oxygen atoms in total. The number of imidazole rings is 1. The lowest BCUT2D eigenvalue weighted by Gasteiger charge is -2.09. The summed E-state index contributed by atoms with van der Waals surface area (Å²) in [5.74, 6) is 1.11. The Morgan fingerprint density at radius 3 is 2.77 bits per heavy atom. The molecule has 0 unspecified atom stereocenters. The largest absolute Gasteiger partial charge is 0.483 e. The summed E-state index contributed by atoms with van der Waals surface area (Å²) in [7, 11) is 1.56. The smallest absolute Gasteiger partial charge is 0.183 e. The van der Waals surface area contributed by atoms with E-state index in [-0.39, 0.29) is 0 Å². The second kappa shape index (κ2) is 8.38. The highest BCUT2D eigenvalue weighted by Crippen LogP contribution is 2.32. The van der Waals surface area contributed by atoms with Gasteiger partial charge in [-0.3, -0.25) is 15.1 Å². The van der Waals surface area contributed by atoms with Crippen LogP contribution in [0.4, 0.5) is 5.69 Å². The topological polar surface area (TPSA) is 117 Å². The lowest BCUT2D eigenvalue weighted by molar-refractivity contribution is 0.299. The van der Waals surface area contributed by atoms with Crippen molar-refractivity contribution < 1.29 is 4.74 Å². The van der Waals surface area contributed by atoms with E-state index in [0.717, 1.165) is 50.2 Å². The molecule has 0 aliphatic heterocycles. The van der Waals surface area contributed by atoms with E-state index in [2.05, 4.69) is 42.0 Å². The molecule has 0 radical (unpaired) electrons. The molecule has 5 aromatic heterocycles. The van der Waals surface area contributed by atoms with E-state index in [9.17, 15) is 0 Å². The zero-order chi connectivity index (χ0) is 23.8. The number of nitrogens with zero attached hydrogens (tertiary/aromatic N) is 5. The van der Waals surface area contributed by atoms with Crippen molar-refractivity contribution in [1.82, 2.24) is 35.1 Å². The number of ether oxygens (including phenoxy) is 1. The molecule has 1 aromatic carbocycles. The van der Waals surface area contributed by atoms with E-state index in [4.69, 9.17) is 9.72 Å². The molecular weight excluding hydrogens is 440 g/mol. The summed E-state index contributed by atoms with van der Waals surface area (Å²) in [4.78, 5) is 21.7. The van der Waals surface area contributed by atoms with Gasteiger partial charge in [-0.2, -0.15) is 5.10 Å². The van der Waals surface area contributed by atoms with Gasteiger partial charge in [-0.25, -0.2) is 9.97 Å². The molecule has 0 aliphatic carbocycles. The molecule has 0 fully saturated rings. The molecule has 6 aromatic rings. The number of fused-ring (bicyclic) bond motifs is 2. The minimum atomic E-state index is 0.435. The summed E-state index contributed by atoms with van der Waals surface area (Å²) in [5, 5.41) is 11.4. The van der Waals surface area contributed by atoms with Crippen LogP contribution in [0.5, 0.6) is 0 Å². The lowest BCUT2D eigenvalue weighted by Crippen LogP contribution is -2.00. The standard InChI is InChI=1S/C26H20N8O/c1-15(35-2)30-18-10-16(12-27-14-18)17-11-20-24(33-34-25(20)29-13-17)26-31-22-8-5-6-19(23(22)32-26)21-7-3-4-9-28-21/h3-14,30H,1H2,2H3,(H,31,32)(H,29,33,34). The predicted octanol–water partition coefficient (Wildman–Crippen LogP) is 5.15. The second-order valence-corrected chi connectivity index (χ2v) is 7.91. The van der Waals surface area contributed by atoms with E-state index >= 15 is 0 Å². The van der Waals surface area contributed by atoms with E-state index in [1.165, 1.54) is 0 Å². The Bertz CT molecular complexity index is 1690. The number of aromatic amines is 2. The van der Waals surface area contributed by atoms with Crippen molar-refractivity contribution in [2.45, 2.75) is 0 Å². The number of rotatable bonds is 6. The van der Waals surface area contributed by atoms with Crippen LogP contribution in [0.15, 0.2) is 85.8 Å². The molecule has 0 saturated heterocycles. The SMILES string of the molecule is C=C(Nc1cncc(-c2cnc3n[nH]c(-c4nc5c(-c6ccccn6)cccc5[nH]4)c3c2)c1)OC. The van der Waals surface area contributed by atoms with Crippen molar-refractivity contribution in [1.29, 1.82) is 0 Å². The van der Waals surface area contributed by atoms with Crippen LogP contribution >= 0.6 is 0 Å². The third kappa shape index (κ3) is 3.74. The molecule has 0 saturated carbocycles. The van der Waals surface area contributed by atoms with E-state index in [0.29, 0.717) is 17.4 Å². The zero-order valence-electron chi connectivity index (χ0n) is 18.8. The first-order chi connectivity index (χ1) is 17.2. The van der Waals surface area contributed by atoms with Crippen LogP contribution < -0.4 is 5.32 Å². The Morgan fingerprint density at radius 1 is 1.00 bits per heavy atom. The highest BCUT2D eigenvalue weighted by Gasteiger charge is 2.16. The van der Waals surface area contributed by atoms with Crippen LogP contribution in [-0.4, -0.2) is 42.2 Å². The van der Waals surface area contributed by atoms with E-state index < -0.39 is 0 Å². The van der Waals surface area contributed by atoms with Crippen molar-refractivity contribution in [3.8, 4) is 33.9 Å². The molecular formula is C26H20N8O. The molecule has 5 heterocycles. The minimum absolute atomic E-state index is 0.435. The molecule has 9 heteroatoms. The van der Waals surface area contributed by atoms with Crippen molar-refractivity contribution in [2.75, 3.05) is 12.4 Å². The third-order valence-electron chi connectivity index (χ3n) is 5.70.